The Bertz CT molecular complexity index is 713. The molecule has 122 valence electrons. The summed E-state index contributed by atoms with van der Waals surface area (Å²) in [5.41, 5.74) is 0.626. The second-order valence-electron chi connectivity index (χ2n) is 6.80. The number of fused-ring (bicyclic) bond motifs is 1. The molecular weight excluding hydrogens is 292 g/mol. The molecule has 1 aromatic heterocycles. The number of hydrogen-bond acceptors (Lipinski definition) is 4. The summed E-state index contributed by atoms with van der Waals surface area (Å²) in [6.45, 7) is 7.74. The summed E-state index contributed by atoms with van der Waals surface area (Å²) >= 11 is 0. The fraction of sp³-hybridized carbons (Fsp3) is 0.471. The molecule has 1 amide bonds. The quantitative estimate of drug-likeness (QED) is 0.853. The van der Waals surface area contributed by atoms with Crippen LogP contribution < -0.4 is 4.74 Å². The molecule has 0 radical (unpaired) electrons. The van der Waals surface area contributed by atoms with E-state index in [9.17, 15) is 4.79 Å². The van der Waals surface area contributed by atoms with Crippen molar-refractivity contribution in [3.63, 3.8) is 0 Å². The van der Waals surface area contributed by atoms with E-state index in [-0.39, 0.29) is 11.3 Å². The van der Waals surface area contributed by atoms with E-state index in [1.54, 1.807) is 7.11 Å². The predicted molar refractivity (Wildman–Crippen MR) is 86.9 cm³/mol. The number of methoxy groups -OCH3 is 1. The number of rotatable bonds is 2. The molecule has 1 aromatic carbocycles. The maximum absolute atomic E-state index is 12.4. The molecule has 0 spiro atoms. The largest absolute Gasteiger partial charge is 0.497 e. The van der Waals surface area contributed by atoms with Crippen LogP contribution >= 0.6 is 0 Å². The Balaban J connectivity index is 1.84. The molecule has 0 unspecified atom stereocenters. The average molecular weight is 314 g/mol. The van der Waals surface area contributed by atoms with Gasteiger partial charge >= 0.3 is 0 Å². The molecule has 23 heavy (non-hydrogen) atoms. The van der Waals surface area contributed by atoms with Gasteiger partial charge in [-0.25, -0.2) is 0 Å². The Hall–Kier alpha value is -2.37. The first-order chi connectivity index (χ1) is 10.9. The van der Waals surface area contributed by atoms with Crippen molar-refractivity contribution in [1.82, 2.24) is 19.7 Å². The number of hydrogen-bond donors (Lipinski definition) is 0. The first kappa shape index (κ1) is 15.5. The van der Waals surface area contributed by atoms with Gasteiger partial charge in [0.2, 0.25) is 5.91 Å². The summed E-state index contributed by atoms with van der Waals surface area (Å²) < 4.78 is 7.28. The Morgan fingerprint density at radius 3 is 2.43 bits per heavy atom. The molecule has 0 N–H and O–H groups in total. The molecule has 1 aliphatic rings. The number of amides is 1. The molecule has 0 saturated heterocycles. The number of carbonyl (C=O) groups is 1. The summed E-state index contributed by atoms with van der Waals surface area (Å²) in [5.74, 6) is 2.64. The van der Waals surface area contributed by atoms with Gasteiger partial charge in [0.15, 0.2) is 11.6 Å². The van der Waals surface area contributed by atoms with Gasteiger partial charge in [-0.2, -0.15) is 0 Å². The van der Waals surface area contributed by atoms with Crippen LogP contribution in [0.15, 0.2) is 24.3 Å². The van der Waals surface area contributed by atoms with Crippen molar-refractivity contribution in [2.45, 2.75) is 33.9 Å². The highest BCUT2D eigenvalue weighted by molar-refractivity contribution is 5.81. The van der Waals surface area contributed by atoms with E-state index < -0.39 is 0 Å². The highest BCUT2D eigenvalue weighted by Gasteiger charge is 2.31. The van der Waals surface area contributed by atoms with Crippen molar-refractivity contribution < 1.29 is 9.53 Å². The third kappa shape index (κ3) is 2.93. The maximum Gasteiger partial charge on any atom is 0.228 e. The van der Waals surface area contributed by atoms with Gasteiger partial charge in [-0.1, -0.05) is 20.8 Å². The van der Waals surface area contributed by atoms with Crippen molar-refractivity contribution in [1.29, 1.82) is 0 Å². The van der Waals surface area contributed by atoms with E-state index in [0.29, 0.717) is 19.6 Å². The molecule has 0 aliphatic carbocycles. The molecule has 6 nitrogen and oxygen atoms in total. The summed E-state index contributed by atoms with van der Waals surface area (Å²) in [6.07, 6.45) is 0. The number of ether oxygens (including phenoxy) is 1. The van der Waals surface area contributed by atoms with Crippen LogP contribution in [0.2, 0.25) is 0 Å². The lowest BCUT2D eigenvalue weighted by atomic mass is 9.94. The van der Waals surface area contributed by atoms with Crippen LogP contribution in [0.3, 0.4) is 0 Å². The zero-order chi connectivity index (χ0) is 16.6. The topological polar surface area (TPSA) is 60.3 Å². The number of aromatic nitrogens is 3. The second kappa shape index (κ2) is 5.68. The molecular formula is C17H22N4O2. The van der Waals surface area contributed by atoms with Gasteiger partial charge in [0, 0.05) is 24.1 Å². The number of carbonyl (C=O) groups excluding carboxylic acids is 1. The van der Waals surface area contributed by atoms with Gasteiger partial charge in [0.25, 0.3) is 0 Å². The van der Waals surface area contributed by atoms with Gasteiger partial charge in [0.1, 0.15) is 5.75 Å². The van der Waals surface area contributed by atoms with Crippen LogP contribution in [0.5, 0.6) is 5.75 Å². The van der Waals surface area contributed by atoms with Crippen LogP contribution in [0.4, 0.5) is 0 Å². The van der Waals surface area contributed by atoms with Crippen LogP contribution in [0.1, 0.15) is 26.6 Å². The van der Waals surface area contributed by atoms with Crippen molar-refractivity contribution in [3.05, 3.63) is 30.1 Å². The van der Waals surface area contributed by atoms with E-state index >= 15 is 0 Å². The Kier molecular flexibility index (Phi) is 3.83. The zero-order valence-corrected chi connectivity index (χ0v) is 14.0. The standard InChI is InChI=1S/C17H22N4O2/c1-17(2,3)16(22)20-9-10-21-14(11-20)18-19-15(21)12-5-7-13(23-4)8-6-12/h5-8H,9-11H2,1-4H3. The molecule has 0 atom stereocenters. The molecule has 0 bridgehead atoms. The first-order valence-corrected chi connectivity index (χ1v) is 7.76. The van der Waals surface area contributed by atoms with E-state index in [2.05, 4.69) is 14.8 Å². The second-order valence-corrected chi connectivity index (χ2v) is 6.80. The normalized spacial score (nSPS) is 14.5. The van der Waals surface area contributed by atoms with Gasteiger partial charge in [0.05, 0.1) is 13.7 Å². The lowest BCUT2D eigenvalue weighted by molar-refractivity contribution is -0.141. The Morgan fingerprint density at radius 1 is 1.13 bits per heavy atom. The van der Waals surface area contributed by atoms with Crippen LogP contribution in [-0.4, -0.2) is 39.2 Å². The van der Waals surface area contributed by atoms with E-state index in [4.69, 9.17) is 4.74 Å². The van der Waals surface area contributed by atoms with Crippen LogP contribution in [-0.2, 0) is 17.9 Å². The predicted octanol–water partition coefficient (Wildman–Crippen LogP) is 2.34. The van der Waals surface area contributed by atoms with E-state index in [0.717, 1.165) is 23.0 Å². The fourth-order valence-electron chi connectivity index (χ4n) is 2.76. The minimum atomic E-state index is -0.374. The molecule has 6 heteroatoms. The van der Waals surface area contributed by atoms with Crippen molar-refractivity contribution >= 4 is 5.91 Å². The van der Waals surface area contributed by atoms with Gasteiger partial charge in [-0.3, -0.25) is 4.79 Å². The van der Waals surface area contributed by atoms with Crippen molar-refractivity contribution in [3.8, 4) is 17.1 Å². The van der Waals surface area contributed by atoms with Gasteiger partial charge in [-0.05, 0) is 24.3 Å². The van der Waals surface area contributed by atoms with Crippen LogP contribution in [0.25, 0.3) is 11.4 Å². The summed E-state index contributed by atoms with van der Waals surface area (Å²) in [5, 5.41) is 8.59. The fourth-order valence-corrected chi connectivity index (χ4v) is 2.76. The molecule has 1 aliphatic heterocycles. The lowest BCUT2D eigenvalue weighted by Crippen LogP contribution is -2.44. The van der Waals surface area contributed by atoms with Gasteiger partial charge in [-0.15, -0.1) is 10.2 Å². The number of benzene rings is 1. The lowest BCUT2D eigenvalue weighted by Gasteiger charge is -2.32. The van der Waals surface area contributed by atoms with E-state index in [1.165, 1.54) is 0 Å². The first-order valence-electron chi connectivity index (χ1n) is 7.76. The Morgan fingerprint density at radius 2 is 1.83 bits per heavy atom. The third-order valence-corrected chi connectivity index (χ3v) is 4.03. The minimum absolute atomic E-state index is 0.151. The average Bonchev–Trinajstić information content (AvgIpc) is 2.96. The number of nitrogens with zero attached hydrogens (tertiary/aromatic N) is 4. The van der Waals surface area contributed by atoms with E-state index in [1.807, 2.05) is 49.9 Å². The monoisotopic (exact) mass is 314 g/mol. The third-order valence-electron chi connectivity index (χ3n) is 4.03. The van der Waals surface area contributed by atoms with Crippen molar-refractivity contribution in [2.24, 2.45) is 5.41 Å². The smallest absolute Gasteiger partial charge is 0.228 e. The highest BCUT2D eigenvalue weighted by atomic mass is 16.5. The minimum Gasteiger partial charge on any atom is -0.497 e. The van der Waals surface area contributed by atoms with Gasteiger partial charge < -0.3 is 14.2 Å². The SMILES string of the molecule is COc1ccc(-c2nnc3n2CCN(C(=O)C(C)(C)C)C3)cc1. The zero-order valence-electron chi connectivity index (χ0n) is 14.0. The Labute approximate surface area is 136 Å². The summed E-state index contributed by atoms with van der Waals surface area (Å²) in [7, 11) is 1.65. The molecule has 0 fully saturated rings. The van der Waals surface area contributed by atoms with Crippen LogP contribution in [0, 0.1) is 5.41 Å². The highest BCUT2D eigenvalue weighted by Crippen LogP contribution is 2.26. The summed E-state index contributed by atoms with van der Waals surface area (Å²) in [4.78, 5) is 14.3. The maximum atomic E-state index is 12.4. The summed E-state index contributed by atoms with van der Waals surface area (Å²) in [6, 6.07) is 7.77. The van der Waals surface area contributed by atoms with Crippen molar-refractivity contribution in [2.75, 3.05) is 13.7 Å². The molecule has 2 aromatic rings. The molecule has 0 saturated carbocycles. The molecule has 2 heterocycles. The molecule has 3 rings (SSSR count).